The van der Waals surface area contributed by atoms with E-state index in [1.54, 1.807) is 0 Å². The number of hydrogen-bond acceptors (Lipinski definition) is 4. The first-order valence-electron chi connectivity index (χ1n) is 4.28. The van der Waals surface area contributed by atoms with Crippen molar-refractivity contribution in [3.63, 3.8) is 0 Å². The van der Waals surface area contributed by atoms with Gasteiger partial charge in [-0.15, -0.1) is 0 Å². The van der Waals surface area contributed by atoms with E-state index in [4.69, 9.17) is 10.5 Å². The molecule has 0 aromatic rings. The molecule has 0 aliphatic carbocycles. The standard InChI is InChI=1S/C5H8N4O.C4H7N/c1-5(2,3-6)9-8-4(7)10;1-4(2)3-5/h1-2H3,(H2,7,10);4H,1-2H3. The van der Waals surface area contributed by atoms with Crippen LogP contribution in [0, 0.1) is 28.6 Å². The van der Waals surface area contributed by atoms with Gasteiger partial charge in [0.2, 0.25) is 0 Å². The lowest BCUT2D eigenvalue weighted by atomic mass is 10.1. The first kappa shape index (κ1) is 15.5. The van der Waals surface area contributed by atoms with Crippen LogP contribution in [0.2, 0.25) is 0 Å². The summed E-state index contributed by atoms with van der Waals surface area (Å²) < 4.78 is 0. The van der Waals surface area contributed by atoms with Gasteiger partial charge >= 0.3 is 6.03 Å². The molecule has 0 aliphatic heterocycles. The molecular weight excluding hydrogens is 194 g/mol. The van der Waals surface area contributed by atoms with E-state index in [0.717, 1.165) is 0 Å². The second-order valence-electron chi connectivity index (χ2n) is 3.49. The Morgan fingerprint density at radius 1 is 1.40 bits per heavy atom. The average molecular weight is 209 g/mol. The number of azo groups is 1. The Hall–Kier alpha value is -1.95. The molecule has 0 radical (unpaired) electrons. The van der Waals surface area contributed by atoms with Gasteiger partial charge in [-0.25, -0.2) is 4.79 Å². The summed E-state index contributed by atoms with van der Waals surface area (Å²) in [6, 6.07) is 2.97. The molecule has 0 bridgehead atoms. The molecule has 0 aromatic carbocycles. The minimum atomic E-state index is -0.963. The summed E-state index contributed by atoms with van der Waals surface area (Å²) in [7, 11) is 0. The fraction of sp³-hybridized carbons (Fsp3) is 0.667. The van der Waals surface area contributed by atoms with Gasteiger partial charge < -0.3 is 5.73 Å². The van der Waals surface area contributed by atoms with Gasteiger partial charge in [-0.05, 0) is 27.7 Å². The summed E-state index contributed by atoms with van der Waals surface area (Å²) in [5.74, 6) is 0.190. The Balaban J connectivity index is 0. The summed E-state index contributed by atoms with van der Waals surface area (Å²) in [4.78, 5) is 10.0. The van der Waals surface area contributed by atoms with E-state index >= 15 is 0 Å². The second-order valence-corrected chi connectivity index (χ2v) is 3.49. The topological polar surface area (TPSA) is 115 Å². The predicted molar refractivity (Wildman–Crippen MR) is 54.6 cm³/mol. The number of carbonyl (C=O) groups excluding carboxylic acids is 1. The predicted octanol–water partition coefficient (Wildman–Crippen LogP) is 1.99. The van der Waals surface area contributed by atoms with Gasteiger partial charge in [0, 0.05) is 5.92 Å². The van der Waals surface area contributed by atoms with Crippen molar-refractivity contribution in [1.82, 2.24) is 0 Å². The third-order valence-corrected chi connectivity index (χ3v) is 0.930. The lowest BCUT2D eigenvalue weighted by Gasteiger charge is -2.03. The average Bonchev–Trinajstić information content (AvgIpc) is 2.16. The number of nitrogens with two attached hydrogens (primary N) is 1. The molecule has 0 spiro atoms. The summed E-state index contributed by atoms with van der Waals surface area (Å²) >= 11 is 0. The van der Waals surface area contributed by atoms with Crippen LogP contribution in [0.5, 0.6) is 0 Å². The van der Waals surface area contributed by atoms with Crippen molar-refractivity contribution in [3.8, 4) is 12.1 Å². The fourth-order valence-electron chi connectivity index (χ4n) is 0.197. The highest BCUT2D eigenvalue weighted by Gasteiger charge is 2.14. The van der Waals surface area contributed by atoms with Gasteiger partial charge in [0.25, 0.3) is 0 Å². The molecular formula is C9H15N5O. The van der Waals surface area contributed by atoms with Crippen LogP contribution >= 0.6 is 0 Å². The molecule has 15 heavy (non-hydrogen) atoms. The van der Waals surface area contributed by atoms with Crippen LogP contribution in [-0.4, -0.2) is 11.6 Å². The Labute approximate surface area is 89.4 Å². The van der Waals surface area contributed by atoms with Crippen LogP contribution in [0.3, 0.4) is 0 Å². The number of carbonyl (C=O) groups is 1. The highest BCUT2D eigenvalue weighted by molar-refractivity contribution is 5.71. The molecule has 2 amide bonds. The first-order valence-corrected chi connectivity index (χ1v) is 4.28. The van der Waals surface area contributed by atoms with Crippen molar-refractivity contribution >= 4 is 6.03 Å². The van der Waals surface area contributed by atoms with E-state index in [2.05, 4.69) is 16.0 Å². The number of amides is 2. The van der Waals surface area contributed by atoms with Crippen molar-refractivity contribution < 1.29 is 4.79 Å². The zero-order valence-corrected chi connectivity index (χ0v) is 9.35. The molecule has 2 N–H and O–H groups in total. The molecule has 0 rings (SSSR count). The lowest BCUT2D eigenvalue weighted by Crippen LogP contribution is -2.13. The van der Waals surface area contributed by atoms with Crippen molar-refractivity contribution in [1.29, 1.82) is 10.5 Å². The molecule has 0 heterocycles. The van der Waals surface area contributed by atoms with Gasteiger partial charge in [-0.1, -0.05) is 5.11 Å². The van der Waals surface area contributed by atoms with E-state index in [1.807, 2.05) is 26.0 Å². The number of urea groups is 1. The normalized spacial score (nSPS) is 10.1. The largest absolute Gasteiger partial charge is 0.356 e. The molecule has 0 aromatic heterocycles. The third-order valence-electron chi connectivity index (χ3n) is 0.930. The molecule has 0 aliphatic rings. The van der Waals surface area contributed by atoms with Crippen LogP contribution < -0.4 is 5.73 Å². The van der Waals surface area contributed by atoms with Gasteiger partial charge in [0.05, 0.1) is 12.1 Å². The van der Waals surface area contributed by atoms with Crippen molar-refractivity contribution in [3.05, 3.63) is 0 Å². The van der Waals surface area contributed by atoms with Crippen LogP contribution in [0.4, 0.5) is 4.79 Å². The quantitative estimate of drug-likeness (QED) is 0.665. The van der Waals surface area contributed by atoms with Gasteiger partial charge in [-0.3, -0.25) is 0 Å². The summed E-state index contributed by atoms with van der Waals surface area (Å²) in [5.41, 5.74) is 3.68. The summed E-state index contributed by atoms with van der Waals surface area (Å²) in [6.07, 6.45) is 0. The fourth-order valence-corrected chi connectivity index (χ4v) is 0.197. The SMILES string of the molecule is CC(C)(C#N)N=NC(N)=O.CC(C)C#N. The minimum absolute atomic E-state index is 0.190. The zero-order chi connectivity index (χ0) is 12.5. The number of primary amides is 1. The third kappa shape index (κ3) is 14.9. The molecule has 82 valence electrons. The molecule has 0 atom stereocenters. The number of nitrogens with zero attached hydrogens (tertiary/aromatic N) is 4. The van der Waals surface area contributed by atoms with Gasteiger partial charge in [-0.2, -0.15) is 15.6 Å². The Morgan fingerprint density at radius 3 is 2.00 bits per heavy atom. The highest BCUT2D eigenvalue weighted by atomic mass is 16.2. The summed E-state index contributed by atoms with van der Waals surface area (Å²) in [6.45, 7) is 6.78. The van der Waals surface area contributed by atoms with Crippen molar-refractivity contribution in [2.75, 3.05) is 0 Å². The van der Waals surface area contributed by atoms with Crippen LogP contribution in [-0.2, 0) is 0 Å². The van der Waals surface area contributed by atoms with Crippen molar-refractivity contribution in [2.24, 2.45) is 21.9 Å². The van der Waals surface area contributed by atoms with Crippen LogP contribution in [0.1, 0.15) is 27.7 Å². The monoisotopic (exact) mass is 209 g/mol. The number of nitriles is 2. The van der Waals surface area contributed by atoms with E-state index in [0.29, 0.717) is 0 Å². The Kier molecular flexibility index (Phi) is 7.71. The second kappa shape index (κ2) is 7.45. The maximum absolute atomic E-state index is 10.0. The molecule has 0 saturated carbocycles. The minimum Gasteiger partial charge on any atom is -0.348 e. The number of hydrogen-bond donors (Lipinski definition) is 1. The molecule has 6 heteroatoms. The van der Waals surface area contributed by atoms with E-state index in [9.17, 15) is 4.79 Å². The maximum atomic E-state index is 10.0. The van der Waals surface area contributed by atoms with Gasteiger partial charge in [0.1, 0.15) is 0 Å². The van der Waals surface area contributed by atoms with E-state index in [-0.39, 0.29) is 5.92 Å². The Morgan fingerprint density at radius 2 is 1.80 bits per heavy atom. The zero-order valence-electron chi connectivity index (χ0n) is 9.35. The molecule has 6 nitrogen and oxygen atoms in total. The van der Waals surface area contributed by atoms with Crippen LogP contribution in [0.15, 0.2) is 10.2 Å². The smallest absolute Gasteiger partial charge is 0.348 e. The maximum Gasteiger partial charge on any atom is 0.356 e. The first-order chi connectivity index (χ1) is 6.75. The highest BCUT2D eigenvalue weighted by Crippen LogP contribution is 2.06. The molecule has 0 fully saturated rings. The van der Waals surface area contributed by atoms with Crippen molar-refractivity contribution in [2.45, 2.75) is 33.2 Å². The molecule has 0 saturated heterocycles. The number of rotatable bonds is 1. The van der Waals surface area contributed by atoms with Gasteiger partial charge in [0.15, 0.2) is 5.54 Å². The van der Waals surface area contributed by atoms with E-state index < -0.39 is 11.6 Å². The van der Waals surface area contributed by atoms with Crippen LogP contribution in [0.25, 0.3) is 0 Å². The summed E-state index contributed by atoms with van der Waals surface area (Å²) in [5, 5.41) is 22.6. The van der Waals surface area contributed by atoms with E-state index in [1.165, 1.54) is 13.8 Å². The molecule has 0 unspecified atom stereocenters. The lowest BCUT2D eigenvalue weighted by molar-refractivity contribution is 0.254. The Bertz CT molecular complexity index is 305.